The molecule has 0 aromatic carbocycles. The molecule has 0 aromatic heterocycles. The Balaban J connectivity index is 4.45. The number of carbonyl (C=O) groups is 2. The summed E-state index contributed by atoms with van der Waals surface area (Å²) in [5, 5.41) is 23.9. The van der Waals surface area contributed by atoms with Crippen molar-refractivity contribution in [1.82, 2.24) is 5.32 Å². The summed E-state index contributed by atoms with van der Waals surface area (Å²) in [6.07, 6.45) is 61.1. The van der Waals surface area contributed by atoms with E-state index in [1.54, 1.807) is 0 Å². The molecule has 3 atom stereocenters. The number of esters is 1. The first-order chi connectivity index (χ1) is 31.5. The molecule has 0 saturated carbocycles. The lowest BCUT2D eigenvalue weighted by Crippen LogP contribution is -2.46. The Kier molecular flexibility index (Phi) is 51.0. The van der Waals surface area contributed by atoms with Gasteiger partial charge in [-0.3, -0.25) is 9.59 Å². The first kappa shape index (κ1) is 62.3. The lowest BCUT2D eigenvalue weighted by atomic mass is 10.0. The molecule has 0 saturated heterocycles. The second kappa shape index (κ2) is 52.3. The summed E-state index contributed by atoms with van der Waals surface area (Å²) in [4.78, 5) is 26.2. The van der Waals surface area contributed by atoms with E-state index < -0.39 is 18.2 Å². The van der Waals surface area contributed by atoms with Crippen LogP contribution in [0.4, 0.5) is 0 Å². The number of hydrogen-bond acceptors (Lipinski definition) is 5. The quantitative estimate of drug-likeness (QED) is 0.0321. The second-order valence-electron chi connectivity index (χ2n) is 19.7. The number of carbonyl (C=O) groups excluding carboxylic acids is 2. The summed E-state index contributed by atoms with van der Waals surface area (Å²) in [6.45, 7) is 6.41. The van der Waals surface area contributed by atoms with E-state index >= 15 is 0 Å². The third-order valence-electron chi connectivity index (χ3n) is 13.3. The standard InChI is InChI=1S/C58H111NO5/c1-4-7-10-13-16-19-22-25-27-29-30-32-35-38-41-44-47-50-56(61)55(53-60)59-57(62)52-54(49-46-43-40-37-34-24-21-18-15-12-9-6-3)64-58(63)51-48-45-42-39-36-33-31-28-26-23-20-17-14-11-8-5-2/h9,12,18,21,54-56,60-61H,4-8,10-11,13-17,19-20,22-53H2,1-3H3,(H,59,62)/b12-9+,21-18+. The van der Waals surface area contributed by atoms with Crippen LogP contribution in [-0.2, 0) is 14.3 Å². The second-order valence-corrected chi connectivity index (χ2v) is 19.7. The van der Waals surface area contributed by atoms with Crippen molar-refractivity contribution in [3.05, 3.63) is 24.3 Å². The number of aliphatic hydroxyl groups excluding tert-OH is 2. The summed E-state index contributed by atoms with van der Waals surface area (Å²) in [6, 6.07) is -0.702. The fourth-order valence-corrected chi connectivity index (χ4v) is 9.00. The van der Waals surface area contributed by atoms with Crippen LogP contribution in [0.5, 0.6) is 0 Å². The Bertz CT molecular complexity index is 1010. The van der Waals surface area contributed by atoms with Crippen molar-refractivity contribution >= 4 is 11.9 Å². The largest absolute Gasteiger partial charge is 0.462 e. The van der Waals surface area contributed by atoms with Crippen LogP contribution in [-0.4, -0.2) is 46.9 Å². The molecule has 0 aromatic rings. The van der Waals surface area contributed by atoms with Crippen LogP contribution in [0.1, 0.15) is 310 Å². The SMILES string of the molecule is CC/C=C/C/C=C/CCCCCCCC(CC(=O)NC(CO)C(O)CCCCCCCCCCCCCCCCCCC)OC(=O)CCCCCCCCCCCCCCCCCC. The highest BCUT2D eigenvalue weighted by molar-refractivity contribution is 5.77. The van der Waals surface area contributed by atoms with Gasteiger partial charge in [0.2, 0.25) is 5.91 Å². The average Bonchev–Trinajstić information content (AvgIpc) is 3.29. The number of nitrogens with one attached hydrogen (secondary N) is 1. The highest BCUT2D eigenvalue weighted by Crippen LogP contribution is 2.19. The first-order valence-electron chi connectivity index (χ1n) is 28.6. The lowest BCUT2D eigenvalue weighted by molar-refractivity contribution is -0.151. The Morgan fingerprint density at radius 2 is 0.844 bits per heavy atom. The molecule has 0 aliphatic rings. The molecule has 6 nitrogen and oxygen atoms in total. The molecule has 6 heteroatoms. The zero-order valence-corrected chi connectivity index (χ0v) is 43.2. The molecular formula is C58H111NO5. The first-order valence-corrected chi connectivity index (χ1v) is 28.6. The van der Waals surface area contributed by atoms with E-state index in [4.69, 9.17) is 4.74 Å². The maximum absolute atomic E-state index is 13.2. The van der Waals surface area contributed by atoms with Crippen LogP contribution < -0.4 is 5.32 Å². The average molecular weight is 903 g/mol. The van der Waals surface area contributed by atoms with Crippen molar-refractivity contribution in [2.45, 2.75) is 328 Å². The van der Waals surface area contributed by atoms with Crippen LogP contribution in [0.15, 0.2) is 24.3 Å². The predicted octanol–water partition coefficient (Wildman–Crippen LogP) is 17.5. The zero-order chi connectivity index (χ0) is 46.7. The topological polar surface area (TPSA) is 95.9 Å². The van der Waals surface area contributed by atoms with Gasteiger partial charge in [-0.05, 0) is 51.4 Å². The van der Waals surface area contributed by atoms with Crippen LogP contribution in [0.2, 0.25) is 0 Å². The molecule has 0 aliphatic carbocycles. The van der Waals surface area contributed by atoms with E-state index in [9.17, 15) is 19.8 Å². The zero-order valence-electron chi connectivity index (χ0n) is 43.2. The van der Waals surface area contributed by atoms with Gasteiger partial charge in [0.1, 0.15) is 6.10 Å². The van der Waals surface area contributed by atoms with Gasteiger partial charge in [-0.1, -0.05) is 270 Å². The van der Waals surface area contributed by atoms with Gasteiger partial charge in [0.25, 0.3) is 0 Å². The summed E-state index contributed by atoms with van der Waals surface area (Å²) < 4.78 is 5.95. The summed E-state index contributed by atoms with van der Waals surface area (Å²) in [5.74, 6) is -0.470. The number of hydrogen-bond donors (Lipinski definition) is 3. The molecule has 0 heterocycles. The monoisotopic (exact) mass is 902 g/mol. The van der Waals surface area contributed by atoms with E-state index in [2.05, 4.69) is 50.4 Å². The third kappa shape index (κ3) is 46.9. The van der Waals surface area contributed by atoms with E-state index in [-0.39, 0.29) is 24.9 Å². The Labute approximate surface area is 399 Å². The van der Waals surface area contributed by atoms with E-state index in [0.717, 1.165) is 70.6 Å². The Morgan fingerprint density at radius 3 is 1.27 bits per heavy atom. The number of unbranched alkanes of at least 4 members (excludes halogenated alkanes) is 36. The maximum Gasteiger partial charge on any atom is 0.306 e. The molecule has 0 spiro atoms. The van der Waals surface area contributed by atoms with Crippen LogP contribution >= 0.6 is 0 Å². The molecular weight excluding hydrogens is 791 g/mol. The van der Waals surface area contributed by atoms with Gasteiger partial charge in [-0.15, -0.1) is 0 Å². The minimum atomic E-state index is -0.788. The number of amides is 1. The Hall–Kier alpha value is -1.66. The number of allylic oxidation sites excluding steroid dienone is 4. The van der Waals surface area contributed by atoms with Crippen LogP contribution in [0.25, 0.3) is 0 Å². The van der Waals surface area contributed by atoms with Gasteiger partial charge < -0.3 is 20.3 Å². The molecule has 0 fully saturated rings. The summed E-state index contributed by atoms with van der Waals surface area (Å²) in [5.41, 5.74) is 0. The molecule has 0 bridgehead atoms. The maximum atomic E-state index is 13.2. The smallest absolute Gasteiger partial charge is 0.306 e. The fraction of sp³-hybridized carbons (Fsp3) is 0.897. The van der Waals surface area contributed by atoms with Crippen molar-refractivity contribution in [3.63, 3.8) is 0 Å². The number of aliphatic hydroxyl groups is 2. The van der Waals surface area contributed by atoms with Crippen molar-refractivity contribution < 1.29 is 24.5 Å². The van der Waals surface area contributed by atoms with Crippen molar-refractivity contribution in [3.8, 4) is 0 Å². The van der Waals surface area contributed by atoms with Gasteiger partial charge in [0, 0.05) is 6.42 Å². The molecule has 3 unspecified atom stereocenters. The fourth-order valence-electron chi connectivity index (χ4n) is 9.00. The van der Waals surface area contributed by atoms with Crippen LogP contribution in [0.3, 0.4) is 0 Å². The highest BCUT2D eigenvalue weighted by atomic mass is 16.5. The molecule has 0 radical (unpaired) electrons. The molecule has 1 amide bonds. The minimum absolute atomic E-state index is 0.0737. The summed E-state index contributed by atoms with van der Waals surface area (Å²) in [7, 11) is 0. The van der Waals surface area contributed by atoms with E-state index in [1.807, 2.05) is 0 Å². The summed E-state index contributed by atoms with van der Waals surface area (Å²) >= 11 is 0. The van der Waals surface area contributed by atoms with E-state index in [0.29, 0.717) is 19.3 Å². The van der Waals surface area contributed by atoms with Crippen molar-refractivity contribution in [2.24, 2.45) is 0 Å². The van der Waals surface area contributed by atoms with Gasteiger partial charge in [-0.25, -0.2) is 0 Å². The third-order valence-corrected chi connectivity index (χ3v) is 13.3. The molecule has 64 heavy (non-hydrogen) atoms. The van der Waals surface area contributed by atoms with Crippen molar-refractivity contribution in [1.29, 1.82) is 0 Å². The number of rotatable bonds is 52. The lowest BCUT2D eigenvalue weighted by Gasteiger charge is -2.24. The number of ether oxygens (including phenoxy) is 1. The van der Waals surface area contributed by atoms with Gasteiger partial charge in [-0.2, -0.15) is 0 Å². The normalized spacial score (nSPS) is 13.3. The Morgan fingerprint density at radius 1 is 0.469 bits per heavy atom. The molecule has 378 valence electrons. The molecule has 0 rings (SSSR count). The highest BCUT2D eigenvalue weighted by Gasteiger charge is 2.24. The molecule has 0 aliphatic heterocycles. The predicted molar refractivity (Wildman–Crippen MR) is 278 cm³/mol. The van der Waals surface area contributed by atoms with Gasteiger partial charge >= 0.3 is 5.97 Å². The van der Waals surface area contributed by atoms with E-state index in [1.165, 1.54) is 193 Å². The van der Waals surface area contributed by atoms with Gasteiger partial charge in [0.15, 0.2) is 0 Å². The van der Waals surface area contributed by atoms with Crippen LogP contribution in [0, 0.1) is 0 Å². The molecule has 3 N–H and O–H groups in total. The van der Waals surface area contributed by atoms with Gasteiger partial charge in [0.05, 0.1) is 25.2 Å². The minimum Gasteiger partial charge on any atom is -0.462 e. The van der Waals surface area contributed by atoms with Crippen molar-refractivity contribution in [2.75, 3.05) is 6.61 Å².